The summed E-state index contributed by atoms with van der Waals surface area (Å²) in [6.07, 6.45) is 2.29. The zero-order valence-electron chi connectivity index (χ0n) is 8.57. The zero-order valence-corrected chi connectivity index (χ0v) is 8.57. The van der Waals surface area contributed by atoms with E-state index in [0.29, 0.717) is 6.04 Å². The molecule has 1 aliphatic heterocycles. The van der Waals surface area contributed by atoms with E-state index in [1.54, 1.807) is 0 Å². The molecule has 1 aromatic rings. The van der Waals surface area contributed by atoms with Gasteiger partial charge in [0.15, 0.2) is 0 Å². The van der Waals surface area contributed by atoms with Crippen molar-refractivity contribution in [1.82, 2.24) is 10.2 Å². The Hall–Kier alpha value is -1.51. The first-order chi connectivity index (χ1) is 7.33. The van der Waals surface area contributed by atoms with Crippen molar-refractivity contribution in [2.45, 2.75) is 32.0 Å². The number of rotatable bonds is 1. The second-order valence-corrected chi connectivity index (χ2v) is 4.35. The third-order valence-corrected chi connectivity index (χ3v) is 3.03. The van der Waals surface area contributed by atoms with Gasteiger partial charge in [0.25, 0.3) is 0 Å². The number of carbonyl (C=O) groups excluding carboxylic acids is 1. The van der Waals surface area contributed by atoms with Crippen molar-refractivity contribution in [3.63, 3.8) is 0 Å². The number of carbonyl (C=O) groups is 1. The second kappa shape index (κ2) is 3.26. The van der Waals surface area contributed by atoms with Gasteiger partial charge in [-0.1, -0.05) is 24.3 Å². The molecular formula is C12H14N2O. The van der Waals surface area contributed by atoms with Crippen LogP contribution < -0.4 is 5.32 Å². The first-order valence-corrected chi connectivity index (χ1v) is 5.45. The summed E-state index contributed by atoms with van der Waals surface area (Å²) in [7, 11) is 0. The van der Waals surface area contributed by atoms with Gasteiger partial charge in [0.2, 0.25) is 0 Å². The van der Waals surface area contributed by atoms with Crippen LogP contribution >= 0.6 is 0 Å². The molecule has 0 atom stereocenters. The van der Waals surface area contributed by atoms with Gasteiger partial charge in [-0.2, -0.15) is 0 Å². The number of benzene rings is 1. The summed E-state index contributed by atoms with van der Waals surface area (Å²) in [5, 5.41) is 3.02. The fourth-order valence-corrected chi connectivity index (χ4v) is 1.97. The summed E-state index contributed by atoms with van der Waals surface area (Å²) in [6, 6.07) is 8.79. The van der Waals surface area contributed by atoms with E-state index in [9.17, 15) is 4.79 Å². The SMILES string of the molecule is O=C(NC1CC1)N1Cc2ccccc2C1. The van der Waals surface area contributed by atoms with E-state index in [1.165, 1.54) is 11.1 Å². The number of urea groups is 1. The van der Waals surface area contributed by atoms with E-state index in [4.69, 9.17) is 0 Å². The Labute approximate surface area is 89.1 Å². The first-order valence-electron chi connectivity index (χ1n) is 5.45. The van der Waals surface area contributed by atoms with Crippen LogP contribution in [0.5, 0.6) is 0 Å². The van der Waals surface area contributed by atoms with Crippen molar-refractivity contribution in [2.75, 3.05) is 0 Å². The zero-order chi connectivity index (χ0) is 10.3. The molecule has 2 amide bonds. The van der Waals surface area contributed by atoms with Crippen molar-refractivity contribution in [3.05, 3.63) is 35.4 Å². The topological polar surface area (TPSA) is 32.3 Å². The van der Waals surface area contributed by atoms with Gasteiger partial charge < -0.3 is 10.2 Å². The molecule has 1 heterocycles. The Morgan fingerprint density at radius 2 is 1.80 bits per heavy atom. The molecule has 0 bridgehead atoms. The van der Waals surface area contributed by atoms with E-state index < -0.39 is 0 Å². The number of hydrogen-bond acceptors (Lipinski definition) is 1. The van der Waals surface area contributed by atoms with Gasteiger partial charge >= 0.3 is 6.03 Å². The minimum atomic E-state index is 0.0914. The Morgan fingerprint density at radius 3 is 2.33 bits per heavy atom. The molecule has 1 aliphatic carbocycles. The van der Waals surface area contributed by atoms with E-state index in [2.05, 4.69) is 17.4 Å². The molecule has 78 valence electrons. The van der Waals surface area contributed by atoms with Gasteiger partial charge in [-0.15, -0.1) is 0 Å². The standard InChI is InChI=1S/C12H14N2O/c15-12(13-11-5-6-11)14-7-9-3-1-2-4-10(9)8-14/h1-4,11H,5-8H2,(H,13,15). The highest BCUT2D eigenvalue weighted by atomic mass is 16.2. The molecule has 2 aliphatic rings. The predicted molar refractivity (Wildman–Crippen MR) is 57.2 cm³/mol. The fraction of sp³-hybridized carbons (Fsp3) is 0.417. The van der Waals surface area contributed by atoms with Crippen LogP contribution in [0.15, 0.2) is 24.3 Å². The number of amides is 2. The van der Waals surface area contributed by atoms with Gasteiger partial charge in [-0.05, 0) is 24.0 Å². The van der Waals surface area contributed by atoms with Gasteiger partial charge in [0.1, 0.15) is 0 Å². The van der Waals surface area contributed by atoms with Crippen molar-refractivity contribution in [3.8, 4) is 0 Å². The quantitative estimate of drug-likeness (QED) is 0.740. The Kier molecular flexibility index (Phi) is 1.91. The molecule has 3 heteroatoms. The van der Waals surface area contributed by atoms with Crippen molar-refractivity contribution in [2.24, 2.45) is 0 Å². The lowest BCUT2D eigenvalue weighted by Gasteiger charge is -2.15. The summed E-state index contributed by atoms with van der Waals surface area (Å²) in [4.78, 5) is 13.7. The van der Waals surface area contributed by atoms with Crippen LogP contribution in [0, 0.1) is 0 Å². The Morgan fingerprint density at radius 1 is 1.20 bits per heavy atom. The lowest BCUT2D eigenvalue weighted by Crippen LogP contribution is -2.37. The van der Waals surface area contributed by atoms with Crippen LogP contribution in [0.2, 0.25) is 0 Å². The van der Waals surface area contributed by atoms with Crippen LogP contribution in [0.1, 0.15) is 24.0 Å². The number of fused-ring (bicyclic) bond motifs is 1. The number of nitrogens with one attached hydrogen (secondary N) is 1. The van der Waals surface area contributed by atoms with E-state index in [0.717, 1.165) is 25.9 Å². The van der Waals surface area contributed by atoms with Crippen molar-refractivity contribution < 1.29 is 4.79 Å². The van der Waals surface area contributed by atoms with Crippen LogP contribution in [-0.4, -0.2) is 17.0 Å². The average molecular weight is 202 g/mol. The molecule has 1 aromatic carbocycles. The predicted octanol–water partition coefficient (Wildman–Crippen LogP) is 1.87. The van der Waals surface area contributed by atoms with Crippen molar-refractivity contribution >= 4 is 6.03 Å². The smallest absolute Gasteiger partial charge is 0.318 e. The maximum atomic E-state index is 11.8. The molecule has 3 rings (SSSR count). The lowest BCUT2D eigenvalue weighted by atomic mass is 10.1. The summed E-state index contributed by atoms with van der Waals surface area (Å²) in [5.74, 6) is 0. The van der Waals surface area contributed by atoms with Crippen LogP contribution in [0.4, 0.5) is 4.79 Å². The molecule has 0 spiro atoms. The van der Waals surface area contributed by atoms with E-state index in [-0.39, 0.29) is 6.03 Å². The highest BCUT2D eigenvalue weighted by Gasteiger charge is 2.28. The first kappa shape index (κ1) is 8.77. The van der Waals surface area contributed by atoms with Crippen LogP contribution in [-0.2, 0) is 13.1 Å². The minimum absolute atomic E-state index is 0.0914. The monoisotopic (exact) mass is 202 g/mol. The molecule has 0 saturated heterocycles. The van der Waals surface area contributed by atoms with Gasteiger partial charge in [-0.25, -0.2) is 4.79 Å². The van der Waals surface area contributed by atoms with Crippen LogP contribution in [0.3, 0.4) is 0 Å². The maximum absolute atomic E-state index is 11.8. The Bertz CT molecular complexity index is 373. The molecule has 1 saturated carbocycles. The third-order valence-electron chi connectivity index (χ3n) is 3.03. The summed E-state index contributed by atoms with van der Waals surface area (Å²) < 4.78 is 0. The highest BCUT2D eigenvalue weighted by Crippen LogP contribution is 2.24. The normalized spacial score (nSPS) is 18.8. The van der Waals surface area contributed by atoms with E-state index >= 15 is 0 Å². The molecule has 15 heavy (non-hydrogen) atoms. The molecule has 0 unspecified atom stereocenters. The number of hydrogen-bond donors (Lipinski definition) is 1. The van der Waals surface area contributed by atoms with Crippen molar-refractivity contribution in [1.29, 1.82) is 0 Å². The molecule has 1 N–H and O–H groups in total. The maximum Gasteiger partial charge on any atom is 0.318 e. The summed E-state index contributed by atoms with van der Waals surface area (Å²) >= 11 is 0. The summed E-state index contributed by atoms with van der Waals surface area (Å²) in [6.45, 7) is 1.52. The Balaban J connectivity index is 1.69. The fourth-order valence-electron chi connectivity index (χ4n) is 1.97. The second-order valence-electron chi connectivity index (χ2n) is 4.35. The molecule has 0 aromatic heterocycles. The van der Waals surface area contributed by atoms with E-state index in [1.807, 2.05) is 17.0 Å². The highest BCUT2D eigenvalue weighted by molar-refractivity contribution is 5.75. The molecular weight excluding hydrogens is 188 g/mol. The molecule has 1 fully saturated rings. The number of nitrogens with zero attached hydrogens (tertiary/aromatic N) is 1. The van der Waals surface area contributed by atoms with Gasteiger partial charge in [-0.3, -0.25) is 0 Å². The lowest BCUT2D eigenvalue weighted by molar-refractivity contribution is 0.198. The summed E-state index contributed by atoms with van der Waals surface area (Å²) in [5.41, 5.74) is 2.56. The average Bonchev–Trinajstić information content (AvgIpc) is 2.95. The molecule has 3 nitrogen and oxygen atoms in total. The third kappa shape index (κ3) is 1.69. The van der Waals surface area contributed by atoms with Gasteiger partial charge in [0, 0.05) is 19.1 Å². The largest absolute Gasteiger partial charge is 0.335 e. The molecule has 0 radical (unpaired) electrons. The van der Waals surface area contributed by atoms with Gasteiger partial charge in [0.05, 0.1) is 0 Å². The minimum Gasteiger partial charge on any atom is -0.335 e. The van der Waals surface area contributed by atoms with Crippen LogP contribution in [0.25, 0.3) is 0 Å².